The van der Waals surface area contributed by atoms with Gasteiger partial charge in [-0.1, -0.05) is 24.6 Å². The number of nitrogens with zero attached hydrogens (tertiary/aromatic N) is 1. The van der Waals surface area contributed by atoms with Crippen LogP contribution in [0.2, 0.25) is 0 Å². The molecule has 0 fully saturated rings. The number of aryl methyl sites for hydroxylation is 2. The number of anilines is 1. The lowest BCUT2D eigenvalue weighted by molar-refractivity contribution is -0.116. The lowest BCUT2D eigenvalue weighted by atomic mass is 10.1. The number of carbonyl (C=O) groups is 1. The molecule has 22 heavy (non-hydrogen) atoms. The Morgan fingerprint density at radius 1 is 1.32 bits per heavy atom. The van der Waals surface area contributed by atoms with Gasteiger partial charge in [-0.2, -0.15) is 4.31 Å². The van der Waals surface area contributed by atoms with Crippen molar-refractivity contribution in [3.63, 3.8) is 0 Å². The topological polar surface area (TPSA) is 66.5 Å². The Labute approximate surface area is 133 Å². The maximum absolute atomic E-state index is 12.1. The summed E-state index contributed by atoms with van der Waals surface area (Å²) in [6.07, 6.45) is 2.04. The van der Waals surface area contributed by atoms with Crippen molar-refractivity contribution >= 4 is 21.6 Å². The summed E-state index contributed by atoms with van der Waals surface area (Å²) in [6.45, 7) is 7.91. The quantitative estimate of drug-likeness (QED) is 0.838. The van der Waals surface area contributed by atoms with E-state index in [1.54, 1.807) is 0 Å². The first-order valence-corrected chi connectivity index (χ1v) is 9.34. The minimum atomic E-state index is -3.31. The van der Waals surface area contributed by atoms with Crippen LogP contribution in [-0.2, 0) is 14.8 Å². The van der Waals surface area contributed by atoms with Crippen molar-refractivity contribution in [2.75, 3.05) is 18.1 Å². The number of nitrogens with one attached hydrogen (secondary N) is 1. The SMILES string of the molecule is CCC(C)N(CCC(=O)Nc1ccc(C)cc1C)S(C)(=O)=O. The van der Waals surface area contributed by atoms with Crippen molar-refractivity contribution < 1.29 is 13.2 Å². The predicted molar refractivity (Wildman–Crippen MR) is 90.5 cm³/mol. The van der Waals surface area contributed by atoms with Gasteiger partial charge in [0.05, 0.1) is 6.26 Å². The first-order chi connectivity index (χ1) is 10.1. The number of rotatable bonds is 7. The van der Waals surface area contributed by atoms with Crippen molar-refractivity contribution in [3.05, 3.63) is 29.3 Å². The highest BCUT2D eigenvalue weighted by molar-refractivity contribution is 7.88. The molecule has 1 aromatic rings. The molecule has 1 unspecified atom stereocenters. The van der Waals surface area contributed by atoms with Crippen LogP contribution in [0.4, 0.5) is 5.69 Å². The van der Waals surface area contributed by atoms with E-state index in [-0.39, 0.29) is 24.9 Å². The summed E-state index contributed by atoms with van der Waals surface area (Å²) in [6, 6.07) is 5.69. The summed E-state index contributed by atoms with van der Waals surface area (Å²) in [5, 5.41) is 2.84. The van der Waals surface area contributed by atoms with Crippen LogP contribution in [0.1, 0.15) is 37.8 Å². The van der Waals surface area contributed by atoms with Crippen molar-refractivity contribution in [3.8, 4) is 0 Å². The Bertz CT molecular complexity index is 626. The second-order valence-electron chi connectivity index (χ2n) is 5.75. The largest absolute Gasteiger partial charge is 0.326 e. The molecule has 0 aliphatic rings. The second kappa shape index (κ2) is 7.74. The fraction of sp³-hybridized carbons (Fsp3) is 0.562. The monoisotopic (exact) mass is 326 g/mol. The highest BCUT2D eigenvalue weighted by Gasteiger charge is 2.22. The number of sulfonamides is 1. The van der Waals surface area contributed by atoms with Gasteiger partial charge in [0, 0.05) is 24.7 Å². The van der Waals surface area contributed by atoms with Crippen molar-refractivity contribution in [1.82, 2.24) is 4.31 Å². The second-order valence-corrected chi connectivity index (χ2v) is 7.68. The van der Waals surface area contributed by atoms with E-state index in [1.807, 2.05) is 45.9 Å². The van der Waals surface area contributed by atoms with Gasteiger partial charge in [0.1, 0.15) is 0 Å². The summed E-state index contributed by atoms with van der Waals surface area (Å²) in [5.41, 5.74) is 2.90. The van der Waals surface area contributed by atoms with E-state index in [4.69, 9.17) is 0 Å². The summed E-state index contributed by atoms with van der Waals surface area (Å²) < 4.78 is 25.0. The van der Waals surface area contributed by atoms with E-state index >= 15 is 0 Å². The third-order valence-corrected chi connectivity index (χ3v) is 5.12. The van der Waals surface area contributed by atoms with Crippen molar-refractivity contribution in [1.29, 1.82) is 0 Å². The molecule has 0 saturated carbocycles. The zero-order chi connectivity index (χ0) is 16.9. The lowest BCUT2D eigenvalue weighted by Crippen LogP contribution is -2.39. The van der Waals surface area contributed by atoms with Crippen molar-refractivity contribution in [2.24, 2.45) is 0 Å². The Balaban J connectivity index is 2.68. The molecule has 1 rings (SSSR count). The Morgan fingerprint density at radius 2 is 1.95 bits per heavy atom. The van der Waals surface area contributed by atoms with Gasteiger partial charge in [-0.15, -0.1) is 0 Å². The third-order valence-electron chi connectivity index (χ3n) is 3.72. The maximum atomic E-state index is 12.1. The molecule has 0 spiro atoms. The van der Waals surface area contributed by atoms with Gasteiger partial charge >= 0.3 is 0 Å². The zero-order valence-electron chi connectivity index (χ0n) is 14.0. The van der Waals surface area contributed by atoms with Gasteiger partial charge in [0.2, 0.25) is 15.9 Å². The minimum Gasteiger partial charge on any atom is -0.326 e. The van der Waals surface area contributed by atoms with Crippen LogP contribution < -0.4 is 5.32 Å². The van der Waals surface area contributed by atoms with Crippen LogP contribution in [0.5, 0.6) is 0 Å². The molecule has 1 N–H and O–H groups in total. The zero-order valence-corrected chi connectivity index (χ0v) is 14.8. The molecule has 6 heteroatoms. The molecule has 1 atom stereocenters. The maximum Gasteiger partial charge on any atom is 0.225 e. The Kier molecular flexibility index (Phi) is 6.56. The molecule has 0 heterocycles. The van der Waals surface area contributed by atoms with Gasteiger partial charge in [-0.05, 0) is 38.8 Å². The minimum absolute atomic E-state index is 0.107. The Morgan fingerprint density at radius 3 is 2.45 bits per heavy atom. The molecule has 0 saturated heterocycles. The van der Waals surface area contributed by atoms with Gasteiger partial charge in [-0.25, -0.2) is 8.42 Å². The van der Waals surface area contributed by atoms with E-state index in [0.29, 0.717) is 6.42 Å². The number of benzene rings is 1. The van der Waals surface area contributed by atoms with Gasteiger partial charge in [-0.3, -0.25) is 4.79 Å². The molecule has 0 radical (unpaired) electrons. The molecule has 0 aliphatic carbocycles. The third kappa shape index (κ3) is 5.42. The van der Waals surface area contributed by atoms with Crippen molar-refractivity contribution in [2.45, 2.75) is 46.6 Å². The fourth-order valence-corrected chi connectivity index (χ4v) is 3.52. The van der Waals surface area contributed by atoms with Crippen LogP contribution in [0.25, 0.3) is 0 Å². The van der Waals surface area contributed by atoms with Crippen LogP contribution in [0.3, 0.4) is 0 Å². The van der Waals surface area contributed by atoms with Gasteiger partial charge in [0.15, 0.2) is 0 Å². The average Bonchev–Trinajstić information content (AvgIpc) is 2.40. The molecular weight excluding hydrogens is 300 g/mol. The van der Waals surface area contributed by atoms with Crippen LogP contribution in [0.15, 0.2) is 18.2 Å². The smallest absolute Gasteiger partial charge is 0.225 e. The van der Waals surface area contributed by atoms with Gasteiger partial charge < -0.3 is 5.32 Å². The number of amides is 1. The molecular formula is C16H26N2O3S. The van der Waals surface area contributed by atoms with E-state index in [2.05, 4.69) is 5.32 Å². The number of carbonyl (C=O) groups excluding carboxylic acids is 1. The lowest BCUT2D eigenvalue weighted by Gasteiger charge is -2.25. The average molecular weight is 326 g/mol. The highest BCUT2D eigenvalue weighted by Crippen LogP contribution is 2.16. The summed E-state index contributed by atoms with van der Waals surface area (Å²) >= 11 is 0. The highest BCUT2D eigenvalue weighted by atomic mass is 32.2. The summed E-state index contributed by atoms with van der Waals surface area (Å²) in [5.74, 6) is -0.177. The van der Waals surface area contributed by atoms with Crippen LogP contribution >= 0.6 is 0 Å². The molecule has 0 aromatic heterocycles. The predicted octanol–water partition coefficient (Wildman–Crippen LogP) is 2.69. The van der Waals surface area contributed by atoms with Crippen LogP contribution in [0, 0.1) is 13.8 Å². The van der Waals surface area contributed by atoms with E-state index in [0.717, 1.165) is 16.8 Å². The summed E-state index contributed by atoms with van der Waals surface area (Å²) in [7, 11) is -3.31. The first kappa shape index (κ1) is 18.6. The molecule has 5 nitrogen and oxygen atoms in total. The van der Waals surface area contributed by atoms with E-state index in [1.165, 1.54) is 10.6 Å². The van der Waals surface area contributed by atoms with Gasteiger partial charge in [0.25, 0.3) is 0 Å². The molecule has 0 bridgehead atoms. The fourth-order valence-electron chi connectivity index (χ4n) is 2.30. The standard InChI is InChI=1S/C16H26N2O3S/c1-6-14(4)18(22(5,20)21)10-9-16(19)17-15-8-7-12(2)11-13(15)3/h7-8,11,14H,6,9-10H2,1-5H3,(H,17,19). The molecule has 124 valence electrons. The Hall–Kier alpha value is -1.40. The number of hydrogen-bond acceptors (Lipinski definition) is 3. The normalized spacial score (nSPS) is 13.2. The first-order valence-electron chi connectivity index (χ1n) is 7.49. The number of hydrogen-bond donors (Lipinski definition) is 1. The molecule has 0 aliphatic heterocycles. The van der Waals surface area contributed by atoms with Crippen LogP contribution in [-0.4, -0.2) is 37.5 Å². The van der Waals surface area contributed by atoms with E-state index in [9.17, 15) is 13.2 Å². The van der Waals surface area contributed by atoms with E-state index < -0.39 is 10.0 Å². The molecule has 1 amide bonds. The molecule has 1 aromatic carbocycles. The summed E-state index contributed by atoms with van der Waals surface area (Å²) in [4.78, 5) is 12.1.